The van der Waals surface area contributed by atoms with Crippen LogP contribution in [0.4, 0.5) is 13.2 Å². The molecule has 3 aromatic heterocycles. The fourth-order valence-electron chi connectivity index (χ4n) is 3.12. The van der Waals surface area contributed by atoms with Crippen LogP contribution in [0.2, 0.25) is 0 Å². The number of hydrogen-bond donors (Lipinski definition) is 0. The van der Waals surface area contributed by atoms with Gasteiger partial charge < -0.3 is 14.0 Å². The second-order valence-corrected chi connectivity index (χ2v) is 6.23. The van der Waals surface area contributed by atoms with Gasteiger partial charge in [-0.15, -0.1) is 0 Å². The number of halogens is 3. The van der Waals surface area contributed by atoms with E-state index in [1.54, 1.807) is 31.4 Å². The Morgan fingerprint density at radius 2 is 1.89 bits per heavy atom. The molecule has 7 nitrogen and oxygen atoms in total. The zero-order valence-electron chi connectivity index (χ0n) is 14.3. The zero-order valence-corrected chi connectivity index (χ0v) is 14.3. The number of pyridine rings is 1. The molecule has 1 aromatic carbocycles. The Balaban J connectivity index is 1.74. The first-order valence-electron chi connectivity index (χ1n) is 8.17. The molecule has 0 fully saturated rings. The highest BCUT2D eigenvalue weighted by Gasteiger charge is 2.36. The molecule has 0 saturated heterocycles. The third kappa shape index (κ3) is 2.56. The van der Waals surface area contributed by atoms with E-state index in [9.17, 15) is 13.2 Å². The zero-order chi connectivity index (χ0) is 19.5. The van der Waals surface area contributed by atoms with Crippen molar-refractivity contribution in [2.75, 3.05) is 6.79 Å². The van der Waals surface area contributed by atoms with Crippen LogP contribution in [0.1, 0.15) is 5.56 Å². The lowest BCUT2D eigenvalue weighted by molar-refractivity contribution is -0.136. The summed E-state index contributed by atoms with van der Waals surface area (Å²) in [6, 6.07) is 5.75. The van der Waals surface area contributed by atoms with Gasteiger partial charge in [-0.2, -0.15) is 18.3 Å². The molecule has 4 aromatic rings. The van der Waals surface area contributed by atoms with Crippen molar-refractivity contribution >= 4 is 11.1 Å². The molecule has 28 heavy (non-hydrogen) atoms. The van der Waals surface area contributed by atoms with Crippen LogP contribution in [0.3, 0.4) is 0 Å². The molecule has 0 saturated carbocycles. The maximum Gasteiger partial charge on any atom is 0.417 e. The number of rotatable bonds is 2. The van der Waals surface area contributed by atoms with Crippen LogP contribution < -0.4 is 9.47 Å². The Labute approximate surface area is 155 Å². The Hall–Kier alpha value is -3.56. The number of fused-ring (bicyclic) bond motifs is 2. The maximum absolute atomic E-state index is 13.8. The van der Waals surface area contributed by atoms with Crippen LogP contribution in [-0.2, 0) is 13.2 Å². The predicted octanol–water partition coefficient (Wildman–Crippen LogP) is 4.04. The molecule has 0 N–H and O–H groups in total. The van der Waals surface area contributed by atoms with Crippen molar-refractivity contribution in [2.45, 2.75) is 6.18 Å². The van der Waals surface area contributed by atoms with E-state index in [0.717, 1.165) is 6.07 Å². The molecule has 0 atom stereocenters. The maximum atomic E-state index is 13.8. The van der Waals surface area contributed by atoms with Gasteiger partial charge in [-0.3, -0.25) is 4.68 Å². The van der Waals surface area contributed by atoms with Crippen molar-refractivity contribution in [3.05, 3.63) is 42.2 Å². The van der Waals surface area contributed by atoms with Gasteiger partial charge in [0.25, 0.3) is 5.71 Å². The van der Waals surface area contributed by atoms with Crippen molar-refractivity contribution in [3.63, 3.8) is 0 Å². The van der Waals surface area contributed by atoms with Crippen molar-refractivity contribution in [1.29, 1.82) is 0 Å². The lowest BCUT2D eigenvalue weighted by atomic mass is 10.0. The number of benzene rings is 1. The molecule has 4 heterocycles. The smallest absolute Gasteiger partial charge is 0.417 e. The number of aryl methyl sites for hydroxylation is 1. The first-order valence-corrected chi connectivity index (χ1v) is 8.17. The molecule has 5 rings (SSSR count). The van der Waals surface area contributed by atoms with Crippen molar-refractivity contribution in [1.82, 2.24) is 19.9 Å². The van der Waals surface area contributed by atoms with E-state index >= 15 is 0 Å². The Morgan fingerprint density at radius 1 is 1.07 bits per heavy atom. The predicted molar refractivity (Wildman–Crippen MR) is 90.6 cm³/mol. The fraction of sp³-hybridized carbons (Fsp3) is 0.167. The number of ether oxygens (including phenoxy) is 2. The lowest BCUT2D eigenvalue weighted by Crippen LogP contribution is -2.07. The minimum atomic E-state index is -4.63. The first kappa shape index (κ1) is 16.6. The second-order valence-electron chi connectivity index (χ2n) is 6.23. The summed E-state index contributed by atoms with van der Waals surface area (Å²) in [5.74, 6) is 0.951. The van der Waals surface area contributed by atoms with Crippen LogP contribution >= 0.6 is 0 Å². The molecule has 1 aliphatic heterocycles. The van der Waals surface area contributed by atoms with Gasteiger partial charge in [0.15, 0.2) is 11.5 Å². The average molecular weight is 388 g/mol. The number of aromatic nitrogens is 4. The summed E-state index contributed by atoms with van der Waals surface area (Å²) in [4.78, 5) is 4.21. The molecule has 0 amide bonds. The molecule has 0 aliphatic carbocycles. The summed E-state index contributed by atoms with van der Waals surface area (Å²) >= 11 is 0. The SMILES string of the molecule is Cn1cc(-c2cc(C(F)(F)F)c3c(-c4ccc5c(c4)OCO5)noc3n2)cn1. The molecular weight excluding hydrogens is 377 g/mol. The van der Waals surface area contributed by atoms with E-state index in [0.29, 0.717) is 22.6 Å². The van der Waals surface area contributed by atoms with Crippen molar-refractivity contribution in [2.24, 2.45) is 7.05 Å². The molecule has 0 spiro atoms. The van der Waals surface area contributed by atoms with Crippen LogP contribution in [0.15, 0.2) is 41.2 Å². The van der Waals surface area contributed by atoms with E-state index in [-0.39, 0.29) is 29.3 Å². The molecule has 0 radical (unpaired) electrons. The summed E-state index contributed by atoms with van der Waals surface area (Å²) in [6.45, 7) is 0.0577. The quantitative estimate of drug-likeness (QED) is 0.516. The van der Waals surface area contributed by atoms with Gasteiger partial charge in [-0.1, -0.05) is 5.16 Å². The second kappa shape index (κ2) is 5.72. The average Bonchev–Trinajstić information content (AvgIpc) is 3.38. The van der Waals surface area contributed by atoms with E-state index < -0.39 is 11.7 Å². The number of hydrogen-bond acceptors (Lipinski definition) is 6. The van der Waals surface area contributed by atoms with Crippen LogP contribution in [-0.4, -0.2) is 26.7 Å². The molecule has 0 unspecified atom stereocenters. The highest BCUT2D eigenvalue weighted by atomic mass is 19.4. The third-order valence-corrected chi connectivity index (χ3v) is 4.40. The lowest BCUT2D eigenvalue weighted by Gasteiger charge is -2.10. The standard InChI is InChI=1S/C18H11F3N4O3/c1-25-7-10(6-22-25)12-5-11(18(19,20)21)15-16(24-28-17(15)23-12)9-2-3-13-14(4-9)27-8-26-13/h2-7H,8H2,1H3. The highest BCUT2D eigenvalue weighted by molar-refractivity contribution is 5.94. The van der Waals surface area contributed by atoms with Crippen LogP contribution in [0, 0.1) is 0 Å². The molecular formula is C18H11F3N4O3. The monoisotopic (exact) mass is 388 g/mol. The Bertz CT molecular complexity index is 1210. The molecule has 10 heteroatoms. The van der Waals surface area contributed by atoms with Crippen molar-refractivity contribution < 1.29 is 27.2 Å². The van der Waals surface area contributed by atoms with Crippen LogP contribution in [0.5, 0.6) is 11.5 Å². The van der Waals surface area contributed by atoms with Gasteiger partial charge in [0.2, 0.25) is 6.79 Å². The summed E-state index contributed by atoms with van der Waals surface area (Å²) in [5, 5.41) is 7.62. The Kier molecular flexibility index (Phi) is 3.39. The summed E-state index contributed by atoms with van der Waals surface area (Å²) < 4.78 is 58.7. The molecule has 1 aliphatic rings. The topological polar surface area (TPSA) is 75.2 Å². The molecule has 0 bridgehead atoms. The van der Waals surface area contributed by atoms with E-state index in [4.69, 9.17) is 14.0 Å². The Morgan fingerprint density at radius 3 is 2.64 bits per heavy atom. The fourth-order valence-corrected chi connectivity index (χ4v) is 3.12. The largest absolute Gasteiger partial charge is 0.454 e. The van der Waals surface area contributed by atoms with Crippen LogP contribution in [0.25, 0.3) is 33.6 Å². The summed E-state index contributed by atoms with van der Waals surface area (Å²) in [6.07, 6.45) is -1.62. The normalized spacial score (nSPS) is 13.4. The van der Waals surface area contributed by atoms with E-state index in [1.807, 2.05) is 0 Å². The number of nitrogens with zero attached hydrogens (tertiary/aromatic N) is 4. The van der Waals surface area contributed by atoms with Gasteiger partial charge in [-0.05, 0) is 24.3 Å². The van der Waals surface area contributed by atoms with Gasteiger partial charge in [0.1, 0.15) is 5.69 Å². The van der Waals surface area contributed by atoms with Gasteiger partial charge in [-0.25, -0.2) is 4.98 Å². The minimum absolute atomic E-state index is 0.0332. The van der Waals surface area contributed by atoms with Gasteiger partial charge in [0, 0.05) is 24.4 Å². The molecule has 142 valence electrons. The summed E-state index contributed by atoms with van der Waals surface area (Å²) in [5.41, 5.74) is -0.112. The van der Waals surface area contributed by atoms with Crippen molar-refractivity contribution in [3.8, 4) is 34.0 Å². The van der Waals surface area contributed by atoms with E-state index in [1.165, 1.54) is 10.9 Å². The third-order valence-electron chi connectivity index (χ3n) is 4.40. The van der Waals surface area contributed by atoms with Gasteiger partial charge in [0.05, 0.1) is 22.8 Å². The number of alkyl halides is 3. The van der Waals surface area contributed by atoms with E-state index in [2.05, 4.69) is 15.2 Å². The van der Waals surface area contributed by atoms with Gasteiger partial charge >= 0.3 is 6.18 Å². The minimum Gasteiger partial charge on any atom is -0.454 e. The summed E-state index contributed by atoms with van der Waals surface area (Å²) in [7, 11) is 1.67. The first-order chi connectivity index (χ1) is 13.4. The highest BCUT2D eigenvalue weighted by Crippen LogP contribution is 2.42.